The highest BCUT2D eigenvalue weighted by Crippen LogP contribution is 2.41. The number of nitrogen functional groups attached to an aromatic ring is 1. The summed E-state index contributed by atoms with van der Waals surface area (Å²) in [6.07, 6.45) is -1.04. The quantitative estimate of drug-likeness (QED) is 0.541. The fourth-order valence-corrected chi connectivity index (χ4v) is 3.27. The van der Waals surface area contributed by atoms with Gasteiger partial charge in [-0.05, 0) is 0 Å². The first kappa shape index (κ1) is 13.6. The monoisotopic (exact) mass is 293 g/mol. The van der Waals surface area contributed by atoms with Gasteiger partial charge in [-0.15, -0.1) is 11.8 Å². The first-order valence-electron chi connectivity index (χ1n) is 5.12. The fourth-order valence-electron chi connectivity index (χ4n) is 1.75. The number of aromatic nitrogens is 2. The molecule has 0 aliphatic carbocycles. The zero-order valence-corrected chi connectivity index (χ0v) is 10.7. The number of nitrogens with zero attached hydrogens (tertiary/aromatic N) is 2. The van der Waals surface area contributed by atoms with Crippen molar-refractivity contribution in [1.29, 1.82) is 0 Å². The van der Waals surface area contributed by atoms with Gasteiger partial charge in [-0.2, -0.15) is 4.98 Å². The molecule has 18 heavy (non-hydrogen) atoms. The number of halogens is 1. The third kappa shape index (κ3) is 2.21. The predicted octanol–water partition coefficient (Wildman–Crippen LogP) is -1.19. The highest BCUT2D eigenvalue weighted by molar-refractivity contribution is 8.00. The number of aliphatic hydroxyl groups excluding tert-OH is 3. The summed E-state index contributed by atoms with van der Waals surface area (Å²) in [6, 6.07) is 0. The molecule has 0 saturated carbocycles. The molecule has 7 nitrogen and oxygen atoms in total. The van der Waals surface area contributed by atoms with Crippen LogP contribution in [0.1, 0.15) is 5.37 Å². The lowest BCUT2D eigenvalue weighted by atomic mass is 10.1. The number of nitrogens with two attached hydrogens (primary N) is 1. The van der Waals surface area contributed by atoms with Crippen molar-refractivity contribution >= 4 is 29.2 Å². The molecule has 2 heterocycles. The third-order valence-corrected chi connectivity index (χ3v) is 4.58. The molecule has 0 aromatic carbocycles. The Balaban J connectivity index is 2.39. The minimum Gasteiger partial charge on any atom is -0.395 e. The Labute approximate surface area is 111 Å². The van der Waals surface area contributed by atoms with Crippen molar-refractivity contribution in [2.45, 2.75) is 22.8 Å². The number of hydrogen-bond acceptors (Lipinski definition) is 7. The lowest BCUT2D eigenvalue weighted by Gasteiger charge is -2.17. The van der Waals surface area contributed by atoms with E-state index in [1.807, 2.05) is 0 Å². The van der Waals surface area contributed by atoms with Crippen molar-refractivity contribution in [3.05, 3.63) is 21.7 Å². The Morgan fingerprint density at radius 1 is 1.50 bits per heavy atom. The van der Waals surface area contributed by atoms with Gasteiger partial charge < -0.3 is 21.1 Å². The van der Waals surface area contributed by atoms with Crippen LogP contribution in [-0.2, 0) is 0 Å². The van der Waals surface area contributed by atoms with E-state index in [1.54, 1.807) is 0 Å². The standard InChI is InChI=1S/C9H12ClN3O4S/c10-3-1-13(9(17)12-7(3)11)8-6(16)5(15)4(2-14)18-8/h1,4-6,8,14-16H,2H2,(H2,11,12,17)/t4-,5-,6+,8+/m1/s1. The second kappa shape index (κ2) is 5.06. The van der Waals surface area contributed by atoms with Gasteiger partial charge in [-0.25, -0.2) is 4.79 Å². The predicted molar refractivity (Wildman–Crippen MR) is 67.4 cm³/mol. The number of aliphatic hydroxyl groups is 3. The molecule has 0 amide bonds. The molecule has 1 saturated heterocycles. The second-order valence-corrected chi connectivity index (χ2v) is 5.66. The highest BCUT2D eigenvalue weighted by atomic mass is 35.5. The molecule has 1 aliphatic heterocycles. The summed E-state index contributed by atoms with van der Waals surface area (Å²) in [5, 5.41) is 27.3. The normalized spacial score (nSPS) is 31.8. The first-order valence-corrected chi connectivity index (χ1v) is 6.44. The van der Waals surface area contributed by atoms with Crippen LogP contribution in [-0.4, -0.2) is 48.9 Å². The van der Waals surface area contributed by atoms with Gasteiger partial charge in [0.05, 0.1) is 23.0 Å². The van der Waals surface area contributed by atoms with Gasteiger partial charge in [0.15, 0.2) is 0 Å². The maximum Gasteiger partial charge on any atom is 0.350 e. The van der Waals surface area contributed by atoms with Crippen molar-refractivity contribution in [1.82, 2.24) is 9.55 Å². The van der Waals surface area contributed by atoms with Gasteiger partial charge in [-0.1, -0.05) is 11.6 Å². The van der Waals surface area contributed by atoms with E-state index in [9.17, 15) is 15.0 Å². The maximum absolute atomic E-state index is 11.7. The SMILES string of the molecule is Nc1nc(=O)n([C@H]2S[C@H](CO)[C@@H](O)[C@@H]2O)cc1Cl. The Kier molecular flexibility index (Phi) is 3.83. The van der Waals surface area contributed by atoms with Gasteiger partial charge in [0.25, 0.3) is 0 Å². The summed E-state index contributed by atoms with van der Waals surface area (Å²) < 4.78 is 1.10. The van der Waals surface area contributed by atoms with E-state index >= 15 is 0 Å². The number of thioether (sulfide) groups is 1. The van der Waals surface area contributed by atoms with Crippen LogP contribution in [0.15, 0.2) is 11.0 Å². The van der Waals surface area contributed by atoms with Gasteiger partial charge in [0.1, 0.15) is 17.3 Å². The molecule has 0 spiro atoms. The lowest BCUT2D eigenvalue weighted by molar-refractivity contribution is 0.0101. The number of rotatable bonds is 2. The van der Waals surface area contributed by atoms with Crippen LogP contribution in [0.3, 0.4) is 0 Å². The Hall–Kier alpha value is -0.800. The first-order chi connectivity index (χ1) is 8.45. The molecule has 0 bridgehead atoms. The maximum atomic E-state index is 11.7. The van der Waals surface area contributed by atoms with Crippen molar-refractivity contribution in [2.75, 3.05) is 12.3 Å². The van der Waals surface area contributed by atoms with Crippen LogP contribution < -0.4 is 11.4 Å². The zero-order chi connectivity index (χ0) is 13.4. The van der Waals surface area contributed by atoms with Crippen molar-refractivity contribution in [3.63, 3.8) is 0 Å². The smallest absolute Gasteiger partial charge is 0.350 e. The molecule has 4 atom stereocenters. The molecule has 1 aromatic rings. The summed E-state index contributed by atoms with van der Waals surface area (Å²) in [6.45, 7) is -0.301. The van der Waals surface area contributed by atoms with Gasteiger partial charge in [0.2, 0.25) is 0 Å². The van der Waals surface area contributed by atoms with E-state index in [0.717, 1.165) is 16.3 Å². The minimum atomic E-state index is -1.19. The number of anilines is 1. The summed E-state index contributed by atoms with van der Waals surface area (Å²) in [5.74, 6) is -0.0883. The minimum absolute atomic E-state index is 0.0874. The Morgan fingerprint density at radius 3 is 2.72 bits per heavy atom. The zero-order valence-electron chi connectivity index (χ0n) is 9.10. The van der Waals surface area contributed by atoms with Gasteiger partial charge in [-0.3, -0.25) is 4.57 Å². The van der Waals surface area contributed by atoms with Crippen molar-refractivity contribution in [2.24, 2.45) is 0 Å². The van der Waals surface area contributed by atoms with Crippen LogP contribution in [0.25, 0.3) is 0 Å². The summed E-state index contributed by atoms with van der Waals surface area (Å²) >= 11 is 6.85. The van der Waals surface area contributed by atoms with E-state index in [4.69, 9.17) is 22.4 Å². The molecule has 2 rings (SSSR count). The molecular formula is C9H12ClN3O4S. The van der Waals surface area contributed by atoms with E-state index in [0.29, 0.717) is 0 Å². The largest absolute Gasteiger partial charge is 0.395 e. The Bertz CT molecular complexity index is 511. The molecule has 0 radical (unpaired) electrons. The topological polar surface area (TPSA) is 122 Å². The summed E-state index contributed by atoms with van der Waals surface area (Å²) in [7, 11) is 0. The summed E-state index contributed by atoms with van der Waals surface area (Å²) in [5.41, 5.74) is 4.72. The van der Waals surface area contributed by atoms with Crippen molar-refractivity contribution in [3.8, 4) is 0 Å². The summed E-state index contributed by atoms with van der Waals surface area (Å²) in [4.78, 5) is 15.2. The number of hydrogen-bond donors (Lipinski definition) is 4. The molecule has 9 heteroatoms. The molecule has 1 aliphatic rings. The molecule has 5 N–H and O–H groups in total. The fraction of sp³-hybridized carbons (Fsp3) is 0.556. The third-order valence-electron chi connectivity index (χ3n) is 2.73. The van der Waals surface area contributed by atoms with Crippen LogP contribution >= 0.6 is 23.4 Å². The van der Waals surface area contributed by atoms with Crippen molar-refractivity contribution < 1.29 is 15.3 Å². The van der Waals surface area contributed by atoms with E-state index in [-0.39, 0.29) is 17.4 Å². The molecule has 1 fully saturated rings. The van der Waals surface area contributed by atoms with Crippen LogP contribution in [0.4, 0.5) is 5.82 Å². The molecule has 1 aromatic heterocycles. The van der Waals surface area contributed by atoms with Gasteiger partial charge >= 0.3 is 5.69 Å². The lowest BCUT2D eigenvalue weighted by Crippen LogP contribution is -2.36. The average molecular weight is 294 g/mol. The van der Waals surface area contributed by atoms with Crippen LogP contribution in [0.5, 0.6) is 0 Å². The average Bonchev–Trinajstić information content (AvgIpc) is 2.61. The van der Waals surface area contributed by atoms with E-state index in [1.165, 1.54) is 6.20 Å². The van der Waals surface area contributed by atoms with Crippen LogP contribution in [0, 0.1) is 0 Å². The van der Waals surface area contributed by atoms with E-state index in [2.05, 4.69) is 4.98 Å². The van der Waals surface area contributed by atoms with E-state index < -0.39 is 28.5 Å². The Morgan fingerprint density at radius 2 is 2.17 bits per heavy atom. The van der Waals surface area contributed by atoms with Gasteiger partial charge in [0, 0.05) is 6.20 Å². The molecular weight excluding hydrogens is 282 g/mol. The molecule has 0 unspecified atom stereocenters. The second-order valence-electron chi connectivity index (χ2n) is 3.89. The van der Waals surface area contributed by atoms with Crippen LogP contribution in [0.2, 0.25) is 5.02 Å². The highest BCUT2D eigenvalue weighted by Gasteiger charge is 2.43. The molecule has 100 valence electrons.